The molecule has 0 bridgehead atoms. The first-order valence-electron chi connectivity index (χ1n) is 11.1. The predicted molar refractivity (Wildman–Crippen MR) is 139 cm³/mol. The van der Waals surface area contributed by atoms with Gasteiger partial charge in [-0.2, -0.15) is 0 Å². The van der Waals surface area contributed by atoms with Crippen molar-refractivity contribution in [3.05, 3.63) is 113 Å². The van der Waals surface area contributed by atoms with E-state index in [0.717, 1.165) is 23.2 Å². The van der Waals surface area contributed by atoms with Gasteiger partial charge in [0.1, 0.15) is 0 Å². The summed E-state index contributed by atoms with van der Waals surface area (Å²) in [5.41, 5.74) is 5.39. The van der Waals surface area contributed by atoms with Gasteiger partial charge in [0.05, 0.1) is 5.70 Å². The van der Waals surface area contributed by atoms with E-state index in [9.17, 15) is 0 Å². The molecule has 3 rings (SSSR count). The minimum Gasteiger partial charge on any atom is -0.245 e. The van der Waals surface area contributed by atoms with Gasteiger partial charge in [-0.25, -0.2) is 9.98 Å². The third-order valence-electron chi connectivity index (χ3n) is 4.13. The normalized spacial score (nSPS) is 10.9. The molecular weight excluding hydrogens is 376 g/mol. The van der Waals surface area contributed by atoms with Crippen molar-refractivity contribution >= 4 is 18.3 Å². The summed E-state index contributed by atoms with van der Waals surface area (Å²) < 4.78 is 0. The molecule has 2 heteroatoms. The van der Waals surface area contributed by atoms with Gasteiger partial charge in [0.15, 0.2) is 5.84 Å². The number of allylic oxidation sites excluding steroid dienone is 1. The molecular formula is C29H36N2. The van der Waals surface area contributed by atoms with Gasteiger partial charge in [-0.1, -0.05) is 131 Å². The van der Waals surface area contributed by atoms with Crippen molar-refractivity contribution in [2.75, 3.05) is 0 Å². The number of hydrogen-bond donors (Lipinski definition) is 0. The van der Waals surface area contributed by atoms with Crippen molar-refractivity contribution < 1.29 is 0 Å². The van der Waals surface area contributed by atoms with Gasteiger partial charge in [0, 0.05) is 5.56 Å². The Balaban J connectivity index is 0.000000884. The molecule has 0 N–H and O–H groups in total. The molecule has 3 aromatic rings. The van der Waals surface area contributed by atoms with Crippen LogP contribution in [0.2, 0.25) is 0 Å². The Labute approximate surface area is 189 Å². The molecule has 3 aromatic carbocycles. The zero-order valence-electron chi connectivity index (χ0n) is 19.7. The summed E-state index contributed by atoms with van der Waals surface area (Å²) in [5.74, 6) is 0.633. The summed E-state index contributed by atoms with van der Waals surface area (Å²) in [4.78, 5) is 9.00. The lowest BCUT2D eigenvalue weighted by Crippen LogP contribution is -1.98. The minimum absolute atomic E-state index is 0.633. The van der Waals surface area contributed by atoms with Crippen LogP contribution in [-0.2, 0) is 6.42 Å². The lowest BCUT2D eigenvalue weighted by atomic mass is 10.1. The van der Waals surface area contributed by atoms with Gasteiger partial charge < -0.3 is 0 Å². The van der Waals surface area contributed by atoms with Crippen molar-refractivity contribution in [1.29, 1.82) is 0 Å². The standard InChI is InChI=1S/C24H22N2.C3H8.C2H6/c1-19-13-16-22(17-14-19)24(25-2)26-23(21-11-7-4-8-12-21)18-15-20-9-5-3-6-10-20;1-3-2;1-2/h3-14,16-18H,2,15H2,1H3;3H2,1-2H3;1-2H3/b23-18-,26-24?;;. The van der Waals surface area contributed by atoms with Crippen LogP contribution in [0.1, 0.15) is 56.4 Å². The number of aliphatic imine (C=N–C) groups is 2. The molecule has 0 fully saturated rings. The van der Waals surface area contributed by atoms with Crippen LogP contribution in [0.25, 0.3) is 5.70 Å². The highest BCUT2D eigenvalue weighted by Gasteiger charge is 2.05. The first-order chi connectivity index (χ1) is 15.2. The molecule has 0 saturated carbocycles. The Morgan fingerprint density at radius 2 is 1.29 bits per heavy atom. The molecule has 162 valence electrons. The fourth-order valence-corrected chi connectivity index (χ4v) is 2.67. The molecule has 0 heterocycles. The quantitative estimate of drug-likeness (QED) is 0.298. The van der Waals surface area contributed by atoms with Gasteiger partial charge in [-0.15, -0.1) is 0 Å². The van der Waals surface area contributed by atoms with Crippen LogP contribution in [-0.4, -0.2) is 12.6 Å². The molecule has 0 saturated heterocycles. The van der Waals surface area contributed by atoms with Crippen LogP contribution in [0.4, 0.5) is 0 Å². The van der Waals surface area contributed by atoms with Crippen LogP contribution in [0.5, 0.6) is 0 Å². The SMILES string of the molecule is C=NC(=N/C(=C\Cc1ccccc1)c1ccccc1)c1ccc(C)cc1.CC.CCC. The van der Waals surface area contributed by atoms with Gasteiger partial charge in [0.2, 0.25) is 0 Å². The Bertz CT molecular complexity index is 921. The van der Waals surface area contributed by atoms with Crippen molar-refractivity contribution in [1.82, 2.24) is 0 Å². The van der Waals surface area contributed by atoms with Crippen LogP contribution < -0.4 is 0 Å². The fraction of sp³-hybridized carbons (Fsp3) is 0.241. The molecule has 0 aliphatic carbocycles. The maximum Gasteiger partial charge on any atom is 0.159 e. The zero-order valence-corrected chi connectivity index (χ0v) is 19.7. The third-order valence-corrected chi connectivity index (χ3v) is 4.13. The van der Waals surface area contributed by atoms with Crippen LogP contribution in [0.15, 0.2) is 101 Å². The molecule has 0 atom stereocenters. The number of rotatable bonds is 5. The summed E-state index contributed by atoms with van der Waals surface area (Å²) in [6, 6.07) is 28.7. The highest BCUT2D eigenvalue weighted by Crippen LogP contribution is 2.19. The number of hydrogen-bond acceptors (Lipinski definition) is 1. The van der Waals surface area contributed by atoms with Crippen LogP contribution in [0.3, 0.4) is 0 Å². The van der Waals surface area contributed by atoms with Crippen LogP contribution >= 0.6 is 0 Å². The molecule has 0 radical (unpaired) electrons. The topological polar surface area (TPSA) is 24.7 Å². The smallest absolute Gasteiger partial charge is 0.159 e. The minimum atomic E-state index is 0.633. The highest BCUT2D eigenvalue weighted by molar-refractivity contribution is 6.04. The molecule has 0 unspecified atom stereocenters. The summed E-state index contributed by atoms with van der Waals surface area (Å²) in [6.07, 6.45) is 4.21. The fourth-order valence-electron chi connectivity index (χ4n) is 2.67. The lowest BCUT2D eigenvalue weighted by Gasteiger charge is -2.07. The van der Waals surface area contributed by atoms with Crippen molar-refractivity contribution in [3.8, 4) is 0 Å². The average molecular weight is 413 g/mol. The molecule has 0 aliphatic heterocycles. The molecule has 0 spiro atoms. The van der Waals surface area contributed by atoms with E-state index >= 15 is 0 Å². The molecule has 0 amide bonds. The summed E-state index contributed by atoms with van der Waals surface area (Å²) in [7, 11) is 0. The monoisotopic (exact) mass is 412 g/mol. The van der Waals surface area contributed by atoms with Gasteiger partial charge in [-0.3, -0.25) is 0 Å². The van der Waals surface area contributed by atoms with E-state index in [2.05, 4.69) is 87.1 Å². The Hall–Kier alpha value is -3.26. The number of nitrogens with zero attached hydrogens (tertiary/aromatic N) is 2. The van der Waals surface area contributed by atoms with E-state index < -0.39 is 0 Å². The zero-order chi connectivity index (χ0) is 22.9. The first kappa shape index (κ1) is 25.8. The second-order valence-electron chi connectivity index (χ2n) is 6.81. The Morgan fingerprint density at radius 1 is 0.774 bits per heavy atom. The molecule has 0 aliphatic rings. The second-order valence-corrected chi connectivity index (χ2v) is 6.81. The van der Waals surface area contributed by atoms with E-state index in [0.29, 0.717) is 5.84 Å². The predicted octanol–water partition coefficient (Wildman–Crippen LogP) is 8.17. The van der Waals surface area contributed by atoms with Crippen molar-refractivity contribution in [2.45, 2.75) is 47.5 Å². The molecule has 2 nitrogen and oxygen atoms in total. The summed E-state index contributed by atoms with van der Waals surface area (Å²) in [5, 5.41) is 0. The van der Waals surface area contributed by atoms with Gasteiger partial charge in [0.25, 0.3) is 0 Å². The maximum absolute atomic E-state index is 4.83. The summed E-state index contributed by atoms with van der Waals surface area (Å²) in [6.45, 7) is 14.0. The Kier molecular flexibility index (Phi) is 12.9. The second kappa shape index (κ2) is 15.6. The van der Waals surface area contributed by atoms with Crippen molar-refractivity contribution in [2.24, 2.45) is 9.98 Å². The summed E-state index contributed by atoms with van der Waals surface area (Å²) >= 11 is 0. The van der Waals surface area contributed by atoms with Crippen LogP contribution in [0, 0.1) is 6.92 Å². The van der Waals surface area contributed by atoms with Gasteiger partial charge in [-0.05, 0) is 31.2 Å². The Morgan fingerprint density at radius 3 is 1.81 bits per heavy atom. The third kappa shape index (κ3) is 9.39. The van der Waals surface area contributed by atoms with Gasteiger partial charge >= 0.3 is 0 Å². The molecule has 0 aromatic heterocycles. The van der Waals surface area contributed by atoms with Crippen molar-refractivity contribution in [3.63, 3.8) is 0 Å². The first-order valence-corrected chi connectivity index (χ1v) is 11.1. The molecule has 31 heavy (non-hydrogen) atoms. The van der Waals surface area contributed by atoms with E-state index in [1.807, 2.05) is 50.2 Å². The maximum atomic E-state index is 4.83. The lowest BCUT2D eigenvalue weighted by molar-refractivity contribution is 1.09. The largest absolute Gasteiger partial charge is 0.245 e. The van der Waals surface area contributed by atoms with E-state index in [1.165, 1.54) is 17.5 Å². The number of aryl methyl sites for hydroxylation is 1. The highest BCUT2D eigenvalue weighted by atomic mass is 14.9. The van der Waals surface area contributed by atoms with E-state index in [4.69, 9.17) is 4.99 Å². The van der Waals surface area contributed by atoms with E-state index in [-0.39, 0.29) is 0 Å². The number of benzene rings is 3. The average Bonchev–Trinajstić information content (AvgIpc) is 2.83. The van der Waals surface area contributed by atoms with E-state index in [1.54, 1.807) is 0 Å². The number of amidine groups is 1.